The molecule has 1 heterocycles. The van der Waals surface area contributed by atoms with Gasteiger partial charge in [-0.15, -0.1) is 11.3 Å². The van der Waals surface area contributed by atoms with Gasteiger partial charge in [-0.1, -0.05) is 0 Å². The van der Waals surface area contributed by atoms with Crippen molar-refractivity contribution in [3.05, 3.63) is 21.9 Å². The first kappa shape index (κ1) is 9.09. The maximum Gasteiger partial charge on any atom is 0.272 e. The lowest BCUT2D eigenvalue weighted by molar-refractivity contribution is 0.155. The van der Waals surface area contributed by atoms with Gasteiger partial charge in [0.15, 0.2) is 0 Å². The Kier molecular flexibility index (Phi) is 2.34. The monoisotopic (exact) mass is 203 g/mol. The van der Waals surface area contributed by atoms with Crippen molar-refractivity contribution in [2.75, 3.05) is 0 Å². The summed E-state index contributed by atoms with van der Waals surface area (Å²) in [4.78, 5) is 0.131. The van der Waals surface area contributed by atoms with Crippen molar-refractivity contribution in [1.29, 1.82) is 0 Å². The van der Waals surface area contributed by atoms with Gasteiger partial charge in [0.25, 0.3) is 6.43 Å². The highest BCUT2D eigenvalue weighted by Gasteiger charge is 2.30. The van der Waals surface area contributed by atoms with Crippen LogP contribution in [0.1, 0.15) is 35.7 Å². The predicted molar refractivity (Wildman–Crippen MR) is 48.9 cm³/mol. The Balaban J connectivity index is 2.11. The van der Waals surface area contributed by atoms with E-state index in [9.17, 15) is 8.78 Å². The number of halogens is 2. The largest absolute Gasteiger partial charge is 0.324 e. The van der Waals surface area contributed by atoms with Gasteiger partial charge < -0.3 is 5.73 Å². The van der Waals surface area contributed by atoms with E-state index in [-0.39, 0.29) is 10.9 Å². The third kappa shape index (κ3) is 1.89. The topological polar surface area (TPSA) is 26.0 Å². The molecule has 1 aliphatic rings. The Labute approximate surface area is 79.6 Å². The molecule has 13 heavy (non-hydrogen) atoms. The maximum absolute atomic E-state index is 12.2. The van der Waals surface area contributed by atoms with Crippen molar-refractivity contribution >= 4 is 11.3 Å². The van der Waals surface area contributed by atoms with E-state index >= 15 is 0 Å². The molecule has 1 aliphatic carbocycles. The minimum absolute atomic E-state index is 0.0243. The molecule has 0 radical (unpaired) electrons. The first-order valence-electron chi connectivity index (χ1n) is 4.30. The summed E-state index contributed by atoms with van der Waals surface area (Å²) >= 11 is 1.10. The van der Waals surface area contributed by atoms with E-state index in [0.29, 0.717) is 5.92 Å². The molecule has 0 aromatic carbocycles. The molecule has 0 bridgehead atoms. The molecule has 1 nitrogen and oxygen atoms in total. The van der Waals surface area contributed by atoms with Crippen LogP contribution in [-0.2, 0) is 0 Å². The first-order chi connectivity index (χ1) is 6.18. The van der Waals surface area contributed by atoms with Crippen molar-refractivity contribution in [1.82, 2.24) is 0 Å². The lowest BCUT2D eigenvalue weighted by Crippen LogP contribution is -2.10. The lowest BCUT2D eigenvalue weighted by atomic mass is 10.1. The van der Waals surface area contributed by atoms with E-state index in [1.807, 2.05) is 0 Å². The zero-order valence-corrected chi connectivity index (χ0v) is 7.86. The predicted octanol–water partition coefficient (Wildman–Crippen LogP) is 3.10. The summed E-state index contributed by atoms with van der Waals surface area (Å²) in [5.41, 5.74) is 6.75. The Bertz CT molecular complexity index is 294. The van der Waals surface area contributed by atoms with E-state index in [0.717, 1.165) is 29.7 Å². The first-order valence-corrected chi connectivity index (χ1v) is 5.18. The molecule has 2 N–H and O–H groups in total. The van der Waals surface area contributed by atoms with Crippen LogP contribution in [0.4, 0.5) is 8.78 Å². The Morgan fingerprint density at radius 2 is 2.15 bits per heavy atom. The van der Waals surface area contributed by atoms with Gasteiger partial charge in [0.2, 0.25) is 0 Å². The SMILES string of the molecule is N[C@H](c1csc(C(F)F)c1)C1CC1. The molecule has 1 aromatic rings. The van der Waals surface area contributed by atoms with Crippen LogP contribution >= 0.6 is 11.3 Å². The van der Waals surface area contributed by atoms with Crippen molar-refractivity contribution in [2.24, 2.45) is 11.7 Å². The van der Waals surface area contributed by atoms with Gasteiger partial charge in [0.05, 0.1) is 4.88 Å². The van der Waals surface area contributed by atoms with Crippen LogP contribution in [0.15, 0.2) is 11.4 Å². The van der Waals surface area contributed by atoms with Crippen molar-refractivity contribution in [2.45, 2.75) is 25.3 Å². The average Bonchev–Trinajstić information content (AvgIpc) is 2.81. The molecular weight excluding hydrogens is 192 g/mol. The highest BCUT2D eigenvalue weighted by Crippen LogP contribution is 2.41. The molecule has 1 atom stereocenters. The van der Waals surface area contributed by atoms with Crippen LogP contribution in [0.25, 0.3) is 0 Å². The number of thiophene rings is 1. The number of hydrogen-bond donors (Lipinski definition) is 1. The molecule has 72 valence electrons. The molecule has 1 saturated carbocycles. The Morgan fingerprint density at radius 1 is 1.46 bits per heavy atom. The lowest BCUT2D eigenvalue weighted by Gasteiger charge is -2.06. The summed E-state index contributed by atoms with van der Waals surface area (Å²) in [6, 6.07) is 1.52. The van der Waals surface area contributed by atoms with Gasteiger partial charge in [-0.05, 0) is 35.8 Å². The number of alkyl halides is 2. The Morgan fingerprint density at radius 3 is 2.62 bits per heavy atom. The molecule has 0 spiro atoms. The Hall–Kier alpha value is -0.480. The van der Waals surface area contributed by atoms with E-state index in [1.54, 1.807) is 11.4 Å². The highest BCUT2D eigenvalue weighted by molar-refractivity contribution is 7.10. The summed E-state index contributed by atoms with van der Waals surface area (Å²) in [7, 11) is 0. The highest BCUT2D eigenvalue weighted by atomic mass is 32.1. The molecule has 0 aliphatic heterocycles. The van der Waals surface area contributed by atoms with Crippen LogP contribution in [0.2, 0.25) is 0 Å². The second-order valence-electron chi connectivity index (χ2n) is 3.45. The standard InChI is InChI=1S/C9H11F2NS/c10-9(11)7-3-6(4-13-7)8(12)5-1-2-5/h3-5,8-9H,1-2,12H2/t8-/m0/s1. The fourth-order valence-corrected chi connectivity index (χ4v) is 2.19. The average molecular weight is 203 g/mol. The third-order valence-corrected chi connectivity index (χ3v) is 3.33. The van der Waals surface area contributed by atoms with Crippen LogP contribution in [-0.4, -0.2) is 0 Å². The second-order valence-corrected chi connectivity index (χ2v) is 4.39. The van der Waals surface area contributed by atoms with Gasteiger partial charge >= 0.3 is 0 Å². The fourth-order valence-electron chi connectivity index (χ4n) is 1.39. The minimum Gasteiger partial charge on any atom is -0.324 e. The number of rotatable bonds is 3. The molecule has 2 rings (SSSR count). The summed E-state index contributed by atoms with van der Waals surface area (Å²) in [6.45, 7) is 0. The van der Waals surface area contributed by atoms with Crippen molar-refractivity contribution in [3.63, 3.8) is 0 Å². The molecule has 0 unspecified atom stereocenters. The summed E-state index contributed by atoms with van der Waals surface area (Å²) < 4.78 is 24.5. The smallest absolute Gasteiger partial charge is 0.272 e. The van der Waals surface area contributed by atoms with Crippen molar-refractivity contribution < 1.29 is 8.78 Å². The van der Waals surface area contributed by atoms with Crippen molar-refractivity contribution in [3.8, 4) is 0 Å². The second kappa shape index (κ2) is 3.35. The van der Waals surface area contributed by atoms with E-state index in [2.05, 4.69) is 0 Å². The summed E-state index contributed by atoms with van der Waals surface area (Å²) in [5, 5.41) is 1.75. The minimum atomic E-state index is -2.36. The zero-order valence-electron chi connectivity index (χ0n) is 7.04. The number of nitrogens with two attached hydrogens (primary N) is 1. The van der Waals surface area contributed by atoms with Gasteiger partial charge in [0, 0.05) is 6.04 Å². The van der Waals surface area contributed by atoms with Crippen LogP contribution < -0.4 is 5.73 Å². The molecule has 1 fully saturated rings. The molecule has 1 aromatic heterocycles. The molecule has 0 saturated heterocycles. The van der Waals surface area contributed by atoms with Gasteiger partial charge in [-0.3, -0.25) is 0 Å². The quantitative estimate of drug-likeness (QED) is 0.802. The normalized spacial score (nSPS) is 19.4. The van der Waals surface area contributed by atoms with Crippen LogP contribution in [0.5, 0.6) is 0 Å². The summed E-state index contributed by atoms with van der Waals surface area (Å²) in [6.07, 6.45) is -0.0765. The third-order valence-electron chi connectivity index (χ3n) is 2.37. The van der Waals surface area contributed by atoms with Gasteiger partial charge in [-0.25, -0.2) is 8.78 Å². The molecular formula is C9H11F2NS. The number of hydrogen-bond acceptors (Lipinski definition) is 2. The zero-order chi connectivity index (χ0) is 9.42. The molecule has 0 amide bonds. The van der Waals surface area contributed by atoms with E-state index in [1.165, 1.54) is 0 Å². The fraction of sp³-hybridized carbons (Fsp3) is 0.556. The summed E-state index contributed by atoms with van der Waals surface area (Å²) in [5.74, 6) is 0.528. The van der Waals surface area contributed by atoms with Gasteiger partial charge in [0.1, 0.15) is 0 Å². The van der Waals surface area contributed by atoms with Crippen LogP contribution in [0.3, 0.4) is 0 Å². The molecule has 4 heteroatoms. The van der Waals surface area contributed by atoms with Crippen LogP contribution in [0, 0.1) is 5.92 Å². The van der Waals surface area contributed by atoms with Gasteiger partial charge in [-0.2, -0.15) is 0 Å². The van der Waals surface area contributed by atoms with E-state index < -0.39 is 6.43 Å². The van der Waals surface area contributed by atoms with E-state index in [4.69, 9.17) is 5.73 Å². The maximum atomic E-state index is 12.2.